The Balaban J connectivity index is 1.52. The third-order valence-electron chi connectivity index (χ3n) is 5.66. The first-order chi connectivity index (χ1) is 13.9. The van der Waals surface area contributed by atoms with Gasteiger partial charge in [0.2, 0.25) is 5.91 Å². The molecule has 2 aliphatic heterocycles. The minimum absolute atomic E-state index is 0.000986. The number of aryl methyl sites for hydroxylation is 1. The van der Waals surface area contributed by atoms with E-state index in [9.17, 15) is 9.59 Å². The maximum atomic E-state index is 12.9. The molecule has 2 aliphatic rings. The molecule has 0 radical (unpaired) electrons. The second-order valence-electron chi connectivity index (χ2n) is 8.15. The smallest absolute Gasteiger partial charge is 0.409 e. The zero-order valence-electron chi connectivity index (χ0n) is 18.1. The van der Waals surface area contributed by atoms with Crippen LogP contribution in [0.15, 0.2) is 6.07 Å². The van der Waals surface area contributed by atoms with Crippen molar-refractivity contribution in [3.63, 3.8) is 0 Å². The Bertz CT molecular complexity index is 723. The highest BCUT2D eigenvalue weighted by Gasteiger charge is 2.32. The number of anilines is 1. The molecule has 160 valence electrons. The third-order valence-corrected chi connectivity index (χ3v) is 5.66. The maximum absolute atomic E-state index is 12.9. The number of hydrogen-bond donors (Lipinski definition) is 0. The molecule has 3 heterocycles. The van der Waals surface area contributed by atoms with Gasteiger partial charge < -0.3 is 19.4 Å². The van der Waals surface area contributed by atoms with E-state index < -0.39 is 0 Å². The van der Waals surface area contributed by atoms with Crippen LogP contribution in [-0.4, -0.2) is 77.6 Å². The minimum Gasteiger partial charge on any atom is -0.450 e. The lowest BCUT2D eigenvalue weighted by Gasteiger charge is -2.39. The summed E-state index contributed by atoms with van der Waals surface area (Å²) in [5, 5.41) is 0. The van der Waals surface area contributed by atoms with Crippen LogP contribution in [-0.2, 0) is 9.53 Å². The lowest BCUT2D eigenvalue weighted by atomic mass is 9.95. The molecule has 0 aromatic carbocycles. The summed E-state index contributed by atoms with van der Waals surface area (Å²) in [6, 6.07) is 2.02. The van der Waals surface area contributed by atoms with Gasteiger partial charge in [0.25, 0.3) is 0 Å². The summed E-state index contributed by atoms with van der Waals surface area (Å²) in [7, 11) is 0. The van der Waals surface area contributed by atoms with Crippen molar-refractivity contribution in [1.82, 2.24) is 19.8 Å². The molecule has 2 saturated heterocycles. The molecule has 1 aromatic rings. The average molecular weight is 404 g/mol. The van der Waals surface area contributed by atoms with E-state index in [4.69, 9.17) is 9.72 Å². The number of amides is 2. The van der Waals surface area contributed by atoms with Crippen LogP contribution in [0.2, 0.25) is 0 Å². The van der Waals surface area contributed by atoms with Crippen molar-refractivity contribution in [1.29, 1.82) is 0 Å². The van der Waals surface area contributed by atoms with Crippen molar-refractivity contribution < 1.29 is 14.3 Å². The van der Waals surface area contributed by atoms with E-state index in [1.165, 1.54) is 0 Å². The van der Waals surface area contributed by atoms with Gasteiger partial charge >= 0.3 is 6.09 Å². The highest BCUT2D eigenvalue weighted by Crippen LogP contribution is 2.23. The maximum Gasteiger partial charge on any atom is 0.409 e. The van der Waals surface area contributed by atoms with E-state index in [0.29, 0.717) is 45.6 Å². The van der Waals surface area contributed by atoms with Crippen LogP contribution in [0.1, 0.15) is 51.0 Å². The van der Waals surface area contributed by atoms with Crippen molar-refractivity contribution in [3.8, 4) is 0 Å². The SMILES string of the molecule is CCOC(=O)N1CCC(C(=O)N2CCN(c3cc(C)nc(C(C)C)n3)CC2)CC1. The van der Waals surface area contributed by atoms with Crippen LogP contribution >= 0.6 is 0 Å². The number of nitrogens with zero attached hydrogens (tertiary/aromatic N) is 5. The fraction of sp³-hybridized carbons (Fsp3) is 0.714. The molecule has 0 unspecified atom stereocenters. The van der Waals surface area contributed by atoms with E-state index >= 15 is 0 Å². The molecule has 0 N–H and O–H groups in total. The molecule has 29 heavy (non-hydrogen) atoms. The number of piperazine rings is 1. The number of carbonyl (C=O) groups is 2. The zero-order valence-corrected chi connectivity index (χ0v) is 18.1. The first kappa shape index (κ1) is 21.3. The molecule has 3 rings (SSSR count). The van der Waals surface area contributed by atoms with E-state index in [0.717, 1.165) is 30.4 Å². The summed E-state index contributed by atoms with van der Waals surface area (Å²) in [6.07, 6.45) is 1.15. The number of ether oxygens (including phenoxy) is 1. The number of aromatic nitrogens is 2. The first-order valence-electron chi connectivity index (χ1n) is 10.7. The van der Waals surface area contributed by atoms with Crippen LogP contribution in [0.4, 0.5) is 10.6 Å². The molecular formula is C21H33N5O3. The largest absolute Gasteiger partial charge is 0.450 e. The van der Waals surface area contributed by atoms with Crippen LogP contribution < -0.4 is 4.90 Å². The van der Waals surface area contributed by atoms with E-state index in [-0.39, 0.29) is 23.8 Å². The third kappa shape index (κ3) is 5.16. The second kappa shape index (κ2) is 9.41. The lowest BCUT2D eigenvalue weighted by molar-refractivity contribution is -0.137. The topological polar surface area (TPSA) is 78.9 Å². The molecule has 0 saturated carbocycles. The van der Waals surface area contributed by atoms with Gasteiger partial charge in [0, 0.05) is 62.9 Å². The average Bonchev–Trinajstić information content (AvgIpc) is 2.73. The fourth-order valence-corrected chi connectivity index (χ4v) is 3.93. The molecule has 8 nitrogen and oxygen atoms in total. The number of hydrogen-bond acceptors (Lipinski definition) is 6. The normalized spacial score (nSPS) is 18.3. The quantitative estimate of drug-likeness (QED) is 0.768. The van der Waals surface area contributed by atoms with Crippen molar-refractivity contribution in [2.75, 3.05) is 50.8 Å². The van der Waals surface area contributed by atoms with Gasteiger partial charge in [-0.3, -0.25) is 4.79 Å². The van der Waals surface area contributed by atoms with Crippen LogP contribution in [0.5, 0.6) is 0 Å². The highest BCUT2D eigenvalue weighted by atomic mass is 16.6. The molecule has 8 heteroatoms. The molecular weight excluding hydrogens is 370 g/mol. The monoisotopic (exact) mass is 403 g/mol. The van der Waals surface area contributed by atoms with Crippen molar-refractivity contribution in [2.45, 2.75) is 46.5 Å². The summed E-state index contributed by atoms with van der Waals surface area (Å²) in [6.45, 7) is 12.5. The molecule has 0 spiro atoms. The fourth-order valence-electron chi connectivity index (χ4n) is 3.93. The van der Waals surface area contributed by atoms with Gasteiger partial charge in [-0.25, -0.2) is 14.8 Å². The van der Waals surface area contributed by atoms with Gasteiger partial charge in [-0.15, -0.1) is 0 Å². The van der Waals surface area contributed by atoms with Gasteiger partial charge in [-0.1, -0.05) is 13.8 Å². The Morgan fingerprint density at radius 1 is 1.07 bits per heavy atom. The number of rotatable bonds is 4. The van der Waals surface area contributed by atoms with Gasteiger partial charge in [0.05, 0.1) is 6.61 Å². The number of likely N-dealkylation sites (tertiary alicyclic amines) is 1. The first-order valence-corrected chi connectivity index (χ1v) is 10.7. The Hall–Kier alpha value is -2.38. The predicted octanol–water partition coefficient (Wildman–Crippen LogP) is 2.43. The van der Waals surface area contributed by atoms with E-state index in [1.54, 1.807) is 11.8 Å². The van der Waals surface area contributed by atoms with Gasteiger partial charge in [0.1, 0.15) is 11.6 Å². The van der Waals surface area contributed by atoms with Crippen LogP contribution in [0.3, 0.4) is 0 Å². The summed E-state index contributed by atoms with van der Waals surface area (Å²) < 4.78 is 5.05. The van der Waals surface area contributed by atoms with Gasteiger partial charge in [-0.2, -0.15) is 0 Å². The Morgan fingerprint density at radius 3 is 2.31 bits per heavy atom. The summed E-state index contributed by atoms with van der Waals surface area (Å²) in [4.78, 5) is 39.9. The lowest BCUT2D eigenvalue weighted by Crippen LogP contribution is -2.52. The molecule has 0 aliphatic carbocycles. The van der Waals surface area contributed by atoms with Crippen molar-refractivity contribution in [3.05, 3.63) is 17.6 Å². The zero-order chi connectivity index (χ0) is 21.0. The highest BCUT2D eigenvalue weighted by molar-refractivity contribution is 5.79. The Morgan fingerprint density at radius 2 is 1.72 bits per heavy atom. The Kier molecular flexibility index (Phi) is 6.92. The number of carbonyl (C=O) groups excluding carboxylic acids is 2. The van der Waals surface area contributed by atoms with Crippen LogP contribution in [0.25, 0.3) is 0 Å². The summed E-state index contributed by atoms with van der Waals surface area (Å²) in [5.74, 6) is 2.33. The minimum atomic E-state index is -0.270. The van der Waals surface area contributed by atoms with Crippen LogP contribution in [0, 0.1) is 12.8 Å². The van der Waals surface area contributed by atoms with Gasteiger partial charge in [0.15, 0.2) is 0 Å². The van der Waals surface area contributed by atoms with E-state index in [1.807, 2.05) is 17.9 Å². The molecule has 1 aromatic heterocycles. The Labute approximate surface area is 173 Å². The van der Waals surface area contributed by atoms with Gasteiger partial charge in [-0.05, 0) is 26.7 Å². The molecule has 2 fully saturated rings. The summed E-state index contributed by atoms with van der Waals surface area (Å²) in [5.41, 5.74) is 0.977. The molecule has 2 amide bonds. The van der Waals surface area contributed by atoms with Crippen molar-refractivity contribution in [2.24, 2.45) is 5.92 Å². The standard InChI is InChI=1S/C21H33N5O3/c1-5-29-21(28)26-8-6-17(7-9-26)20(27)25-12-10-24(11-13-25)18-14-16(4)22-19(23-18)15(2)3/h14-15,17H,5-13H2,1-4H3. The van der Waals surface area contributed by atoms with Crippen molar-refractivity contribution >= 4 is 17.8 Å². The summed E-state index contributed by atoms with van der Waals surface area (Å²) >= 11 is 0. The number of piperidine rings is 1. The molecule has 0 bridgehead atoms. The predicted molar refractivity (Wildman–Crippen MR) is 111 cm³/mol. The second-order valence-corrected chi connectivity index (χ2v) is 8.15. The molecule has 0 atom stereocenters. The van der Waals surface area contributed by atoms with E-state index in [2.05, 4.69) is 23.7 Å².